The van der Waals surface area contributed by atoms with Gasteiger partial charge in [0.2, 0.25) is 5.91 Å². The van der Waals surface area contributed by atoms with E-state index in [1.807, 2.05) is 47.1 Å². The van der Waals surface area contributed by atoms with Crippen LogP contribution < -0.4 is 4.90 Å². The maximum Gasteiger partial charge on any atom is 0.227 e. The second-order valence-electron chi connectivity index (χ2n) is 6.03. The summed E-state index contributed by atoms with van der Waals surface area (Å²) in [6.07, 6.45) is 8.46. The number of allylic oxidation sites excluding steroid dienone is 1. The number of nitrogens with zero attached hydrogens (tertiary/aromatic N) is 3. The molecule has 0 aliphatic carbocycles. The largest absolute Gasteiger partial charge is 0.312 e. The van der Waals surface area contributed by atoms with Gasteiger partial charge in [0.15, 0.2) is 5.78 Å². The summed E-state index contributed by atoms with van der Waals surface area (Å²) >= 11 is 0. The van der Waals surface area contributed by atoms with E-state index in [1.54, 1.807) is 23.1 Å². The number of imidazole rings is 1. The summed E-state index contributed by atoms with van der Waals surface area (Å²) in [5, 5.41) is 0. The molecule has 25 heavy (non-hydrogen) atoms. The van der Waals surface area contributed by atoms with Crippen LogP contribution in [0.5, 0.6) is 0 Å². The van der Waals surface area contributed by atoms with Gasteiger partial charge in [-0.3, -0.25) is 9.59 Å². The minimum atomic E-state index is -0.106. The van der Waals surface area contributed by atoms with Gasteiger partial charge in [0.05, 0.1) is 5.69 Å². The Morgan fingerprint density at radius 3 is 2.88 bits per heavy atom. The summed E-state index contributed by atoms with van der Waals surface area (Å²) in [5.74, 6) is 0.00962. The predicted octanol–water partition coefficient (Wildman–Crippen LogP) is 3.36. The van der Waals surface area contributed by atoms with Crippen LogP contribution in [0.4, 0.5) is 5.69 Å². The molecule has 0 bridgehead atoms. The topological polar surface area (TPSA) is 54.7 Å². The summed E-state index contributed by atoms with van der Waals surface area (Å²) < 4.78 is 1.91. The Morgan fingerprint density at radius 1 is 1.16 bits per heavy atom. The highest BCUT2D eigenvalue weighted by molar-refractivity contribution is 6.07. The molecular formula is C20H17N3O2. The molecule has 1 aliphatic rings. The number of aromatic nitrogens is 2. The Kier molecular flexibility index (Phi) is 3.90. The Morgan fingerprint density at radius 2 is 2.08 bits per heavy atom. The molecule has 0 unspecified atom stereocenters. The van der Waals surface area contributed by atoms with Gasteiger partial charge in [0.25, 0.3) is 0 Å². The van der Waals surface area contributed by atoms with Crippen LogP contribution in [0.15, 0.2) is 60.9 Å². The first kappa shape index (κ1) is 15.3. The molecule has 124 valence electrons. The number of rotatable bonds is 4. The van der Waals surface area contributed by atoms with Crippen LogP contribution in [-0.4, -0.2) is 27.6 Å². The Hall–Kier alpha value is -3.21. The first-order valence-corrected chi connectivity index (χ1v) is 8.27. The Bertz CT molecular complexity index is 954. The molecule has 1 amide bonds. The second-order valence-corrected chi connectivity index (χ2v) is 6.03. The maximum absolute atomic E-state index is 12.5. The standard InChI is InChI=1S/C20H17N3O2/c24-18(10-9-16-14-22-11-2-1-7-19(22)21-16)15-5-3-6-17(13-15)23-12-4-8-20(23)25/h1-3,5-7,9-11,13-14H,4,8,12H2. The van der Waals surface area contributed by atoms with Gasteiger partial charge in [0.1, 0.15) is 5.65 Å². The Labute approximate surface area is 145 Å². The van der Waals surface area contributed by atoms with Crippen molar-refractivity contribution in [1.29, 1.82) is 0 Å². The fourth-order valence-corrected chi connectivity index (χ4v) is 3.04. The number of benzene rings is 1. The molecule has 5 nitrogen and oxygen atoms in total. The minimum Gasteiger partial charge on any atom is -0.312 e. The molecule has 0 saturated carbocycles. The van der Waals surface area contributed by atoms with E-state index < -0.39 is 0 Å². The van der Waals surface area contributed by atoms with Gasteiger partial charge in [-0.25, -0.2) is 4.98 Å². The van der Waals surface area contributed by atoms with Gasteiger partial charge in [-0.1, -0.05) is 18.2 Å². The second kappa shape index (κ2) is 6.36. The fourth-order valence-electron chi connectivity index (χ4n) is 3.04. The molecule has 0 atom stereocenters. The highest BCUT2D eigenvalue weighted by Crippen LogP contribution is 2.22. The molecule has 4 rings (SSSR count). The molecule has 1 saturated heterocycles. The quantitative estimate of drug-likeness (QED) is 0.544. The number of amides is 1. The van der Waals surface area contributed by atoms with Crippen LogP contribution in [0.2, 0.25) is 0 Å². The van der Waals surface area contributed by atoms with Crippen molar-refractivity contribution in [3.8, 4) is 0 Å². The van der Waals surface area contributed by atoms with Crippen molar-refractivity contribution in [2.45, 2.75) is 12.8 Å². The SMILES string of the molecule is O=C(C=Cc1cn2ccccc2n1)c1cccc(N2CCCC2=O)c1. The lowest BCUT2D eigenvalue weighted by atomic mass is 10.1. The van der Waals surface area contributed by atoms with Crippen LogP contribution >= 0.6 is 0 Å². The zero-order valence-electron chi connectivity index (χ0n) is 13.6. The monoisotopic (exact) mass is 331 g/mol. The van der Waals surface area contributed by atoms with Crippen LogP contribution in [0.3, 0.4) is 0 Å². The van der Waals surface area contributed by atoms with E-state index in [0.29, 0.717) is 18.5 Å². The molecule has 0 spiro atoms. The lowest BCUT2D eigenvalue weighted by Crippen LogP contribution is -2.23. The number of fused-ring (bicyclic) bond motifs is 1. The molecular weight excluding hydrogens is 314 g/mol. The fraction of sp³-hybridized carbons (Fsp3) is 0.150. The number of ketones is 1. The number of carbonyl (C=O) groups is 2. The van der Waals surface area contributed by atoms with Gasteiger partial charge >= 0.3 is 0 Å². The predicted molar refractivity (Wildman–Crippen MR) is 96.6 cm³/mol. The van der Waals surface area contributed by atoms with E-state index in [-0.39, 0.29) is 11.7 Å². The Balaban J connectivity index is 1.55. The van der Waals surface area contributed by atoms with E-state index in [1.165, 1.54) is 6.08 Å². The molecule has 5 heteroatoms. The lowest BCUT2D eigenvalue weighted by Gasteiger charge is -2.16. The third-order valence-corrected chi connectivity index (χ3v) is 4.30. The molecule has 1 fully saturated rings. The van der Waals surface area contributed by atoms with Crippen molar-refractivity contribution in [2.24, 2.45) is 0 Å². The third-order valence-electron chi connectivity index (χ3n) is 4.30. The van der Waals surface area contributed by atoms with Crippen molar-refractivity contribution < 1.29 is 9.59 Å². The summed E-state index contributed by atoms with van der Waals surface area (Å²) in [4.78, 5) is 30.5. The van der Waals surface area contributed by atoms with Crippen LogP contribution in [-0.2, 0) is 4.79 Å². The molecule has 1 aromatic carbocycles. The van der Waals surface area contributed by atoms with Crippen molar-refractivity contribution in [3.63, 3.8) is 0 Å². The number of carbonyl (C=O) groups excluding carboxylic acids is 2. The molecule has 0 radical (unpaired) electrons. The highest BCUT2D eigenvalue weighted by atomic mass is 16.2. The minimum absolute atomic E-state index is 0.106. The maximum atomic E-state index is 12.5. The van der Waals surface area contributed by atoms with Crippen LogP contribution in [0.25, 0.3) is 11.7 Å². The van der Waals surface area contributed by atoms with Crippen molar-refractivity contribution >= 4 is 29.1 Å². The van der Waals surface area contributed by atoms with Crippen molar-refractivity contribution in [1.82, 2.24) is 9.38 Å². The molecule has 0 N–H and O–H groups in total. The van der Waals surface area contributed by atoms with Crippen molar-refractivity contribution in [2.75, 3.05) is 11.4 Å². The first-order chi connectivity index (χ1) is 12.2. The summed E-state index contributed by atoms with van der Waals surface area (Å²) in [6.45, 7) is 0.716. The smallest absolute Gasteiger partial charge is 0.227 e. The van der Waals surface area contributed by atoms with E-state index in [2.05, 4.69) is 4.98 Å². The van der Waals surface area contributed by atoms with Crippen molar-refractivity contribution in [3.05, 3.63) is 72.2 Å². The van der Waals surface area contributed by atoms with Gasteiger partial charge in [-0.05, 0) is 42.8 Å². The molecule has 1 aliphatic heterocycles. The molecule has 3 heterocycles. The van der Waals surface area contributed by atoms with Crippen LogP contribution in [0.1, 0.15) is 28.9 Å². The number of anilines is 1. The van der Waals surface area contributed by atoms with Gasteiger partial charge < -0.3 is 9.30 Å². The average molecular weight is 331 g/mol. The zero-order chi connectivity index (χ0) is 17.2. The highest BCUT2D eigenvalue weighted by Gasteiger charge is 2.22. The number of hydrogen-bond acceptors (Lipinski definition) is 3. The molecule has 3 aromatic rings. The summed E-state index contributed by atoms with van der Waals surface area (Å²) in [5.41, 5.74) is 2.92. The summed E-state index contributed by atoms with van der Waals surface area (Å²) in [7, 11) is 0. The van der Waals surface area contributed by atoms with E-state index in [4.69, 9.17) is 0 Å². The number of pyridine rings is 1. The number of hydrogen-bond donors (Lipinski definition) is 0. The van der Waals surface area contributed by atoms with Gasteiger partial charge in [-0.15, -0.1) is 0 Å². The molecule has 2 aromatic heterocycles. The van der Waals surface area contributed by atoms with Gasteiger partial charge in [0, 0.05) is 36.6 Å². The third kappa shape index (κ3) is 3.08. The average Bonchev–Trinajstić information content (AvgIpc) is 3.25. The van der Waals surface area contributed by atoms with E-state index >= 15 is 0 Å². The lowest BCUT2D eigenvalue weighted by molar-refractivity contribution is -0.117. The summed E-state index contributed by atoms with van der Waals surface area (Å²) in [6, 6.07) is 13.0. The van der Waals surface area contributed by atoms with Crippen LogP contribution in [0, 0.1) is 0 Å². The normalized spacial score (nSPS) is 14.7. The first-order valence-electron chi connectivity index (χ1n) is 8.27. The zero-order valence-corrected chi connectivity index (χ0v) is 13.6. The van der Waals surface area contributed by atoms with E-state index in [9.17, 15) is 9.59 Å². The van der Waals surface area contributed by atoms with Gasteiger partial charge in [-0.2, -0.15) is 0 Å². The van der Waals surface area contributed by atoms with E-state index in [0.717, 1.165) is 23.4 Å².